The number of methoxy groups -OCH3 is 1. The Balaban J connectivity index is 1.59. The molecule has 0 N–H and O–H groups in total. The Labute approximate surface area is 184 Å². The standard InChI is InChI=1S/C24H19ClN2O4/c1-30-17-13-11-15(12-14-17)21-20-22(31-27(21)16-7-3-2-4-8-16)24(29)26(23(20)28)19-10-6-5-9-18(19)25/h2-14,20-22H,1H3/t20-,21+,22+/m1/s1. The van der Waals surface area contributed by atoms with E-state index in [0.29, 0.717) is 16.5 Å². The number of fused-ring (bicyclic) bond motifs is 1. The van der Waals surface area contributed by atoms with Crippen LogP contribution in [0.3, 0.4) is 0 Å². The number of hydrogen-bond donors (Lipinski definition) is 0. The summed E-state index contributed by atoms with van der Waals surface area (Å²) in [6, 6.07) is 23.2. The highest BCUT2D eigenvalue weighted by Gasteiger charge is 2.60. The van der Waals surface area contributed by atoms with E-state index in [0.717, 1.165) is 16.2 Å². The van der Waals surface area contributed by atoms with Crippen molar-refractivity contribution in [1.82, 2.24) is 0 Å². The van der Waals surface area contributed by atoms with Gasteiger partial charge in [-0.05, 0) is 42.0 Å². The highest BCUT2D eigenvalue weighted by molar-refractivity contribution is 6.36. The molecule has 0 aliphatic carbocycles. The van der Waals surface area contributed by atoms with Crippen LogP contribution in [0.5, 0.6) is 5.75 Å². The monoisotopic (exact) mass is 434 g/mol. The molecule has 2 fully saturated rings. The van der Waals surface area contributed by atoms with Crippen LogP contribution in [0.2, 0.25) is 5.02 Å². The summed E-state index contributed by atoms with van der Waals surface area (Å²) in [5, 5.41) is 2.00. The number of ether oxygens (including phenoxy) is 1. The van der Waals surface area contributed by atoms with E-state index in [4.69, 9.17) is 21.2 Å². The number of imide groups is 1. The molecule has 3 aromatic carbocycles. The van der Waals surface area contributed by atoms with Crippen molar-refractivity contribution in [2.75, 3.05) is 17.1 Å². The Morgan fingerprint density at radius 2 is 1.55 bits per heavy atom. The first-order chi connectivity index (χ1) is 15.1. The molecule has 2 saturated heterocycles. The summed E-state index contributed by atoms with van der Waals surface area (Å²) >= 11 is 6.29. The van der Waals surface area contributed by atoms with Crippen LogP contribution in [0.4, 0.5) is 11.4 Å². The van der Waals surface area contributed by atoms with Gasteiger partial charge in [0.1, 0.15) is 11.7 Å². The number of rotatable bonds is 4. The van der Waals surface area contributed by atoms with Crippen LogP contribution in [0.15, 0.2) is 78.9 Å². The molecule has 0 aromatic heterocycles. The Hall–Kier alpha value is -3.35. The molecule has 0 bridgehead atoms. The lowest BCUT2D eigenvalue weighted by molar-refractivity contribution is -0.126. The van der Waals surface area contributed by atoms with E-state index in [1.807, 2.05) is 54.6 Å². The van der Waals surface area contributed by atoms with Crippen molar-refractivity contribution in [3.63, 3.8) is 0 Å². The van der Waals surface area contributed by atoms with Crippen molar-refractivity contribution in [3.05, 3.63) is 89.4 Å². The smallest absolute Gasteiger partial charge is 0.266 e. The number of anilines is 2. The fourth-order valence-electron chi connectivity index (χ4n) is 4.22. The molecule has 2 heterocycles. The van der Waals surface area contributed by atoms with Crippen molar-refractivity contribution in [2.24, 2.45) is 5.92 Å². The SMILES string of the molecule is COc1ccc([C@H]2[C@H]3C(=O)N(c4ccccc4Cl)C(=O)[C@H]3ON2c2ccccc2)cc1. The van der Waals surface area contributed by atoms with Gasteiger partial charge >= 0.3 is 0 Å². The third-order valence-corrected chi connectivity index (χ3v) is 6.00. The molecule has 0 radical (unpaired) electrons. The van der Waals surface area contributed by atoms with Crippen LogP contribution in [0, 0.1) is 5.92 Å². The Kier molecular flexibility index (Phi) is 4.88. The third kappa shape index (κ3) is 3.15. The zero-order valence-corrected chi connectivity index (χ0v) is 17.4. The number of halogens is 1. The first-order valence-corrected chi connectivity index (χ1v) is 10.3. The van der Waals surface area contributed by atoms with Gasteiger partial charge < -0.3 is 4.74 Å². The van der Waals surface area contributed by atoms with E-state index in [9.17, 15) is 9.59 Å². The number of amides is 2. The zero-order chi connectivity index (χ0) is 21.5. The van der Waals surface area contributed by atoms with Gasteiger partial charge in [0, 0.05) is 0 Å². The lowest BCUT2D eigenvalue weighted by atomic mass is 9.90. The lowest BCUT2D eigenvalue weighted by Gasteiger charge is -2.29. The summed E-state index contributed by atoms with van der Waals surface area (Å²) in [5.74, 6) is -0.753. The van der Waals surface area contributed by atoms with E-state index >= 15 is 0 Å². The minimum atomic E-state index is -0.934. The van der Waals surface area contributed by atoms with E-state index in [2.05, 4.69) is 0 Å². The molecule has 2 aliphatic rings. The van der Waals surface area contributed by atoms with Gasteiger partial charge in [-0.25, -0.2) is 9.96 Å². The highest BCUT2D eigenvalue weighted by Crippen LogP contribution is 2.48. The zero-order valence-electron chi connectivity index (χ0n) is 16.6. The molecule has 0 spiro atoms. The van der Waals surface area contributed by atoms with Crippen LogP contribution >= 0.6 is 11.6 Å². The first kappa shape index (κ1) is 19.6. The van der Waals surface area contributed by atoms with Gasteiger partial charge in [0.15, 0.2) is 6.10 Å². The summed E-state index contributed by atoms with van der Waals surface area (Å²) in [6.07, 6.45) is -0.934. The minimum absolute atomic E-state index is 0.331. The summed E-state index contributed by atoms with van der Waals surface area (Å²) in [6.45, 7) is 0. The first-order valence-electron chi connectivity index (χ1n) is 9.87. The van der Waals surface area contributed by atoms with E-state index in [-0.39, 0.29) is 5.91 Å². The minimum Gasteiger partial charge on any atom is -0.497 e. The van der Waals surface area contributed by atoms with Gasteiger partial charge in [-0.3, -0.25) is 14.4 Å². The van der Waals surface area contributed by atoms with Crippen LogP contribution in [-0.4, -0.2) is 25.0 Å². The van der Waals surface area contributed by atoms with E-state index in [1.165, 1.54) is 0 Å². The van der Waals surface area contributed by atoms with Gasteiger partial charge in [-0.1, -0.05) is 54.1 Å². The maximum Gasteiger partial charge on any atom is 0.266 e. The number of carbonyl (C=O) groups is 2. The second-order valence-corrected chi connectivity index (χ2v) is 7.80. The maximum absolute atomic E-state index is 13.5. The van der Waals surface area contributed by atoms with E-state index in [1.54, 1.807) is 36.4 Å². The molecule has 7 heteroatoms. The van der Waals surface area contributed by atoms with Crippen LogP contribution < -0.4 is 14.7 Å². The second-order valence-electron chi connectivity index (χ2n) is 7.39. The molecular weight excluding hydrogens is 416 g/mol. The number of para-hydroxylation sites is 2. The third-order valence-electron chi connectivity index (χ3n) is 5.68. The van der Waals surface area contributed by atoms with Gasteiger partial charge in [0.05, 0.1) is 29.5 Å². The fourth-order valence-corrected chi connectivity index (χ4v) is 4.44. The summed E-state index contributed by atoms with van der Waals surface area (Å²) in [7, 11) is 1.60. The Morgan fingerprint density at radius 3 is 2.23 bits per heavy atom. The van der Waals surface area contributed by atoms with Crippen LogP contribution in [0.1, 0.15) is 11.6 Å². The number of carbonyl (C=O) groups excluding carboxylic acids is 2. The van der Waals surface area contributed by atoms with Crippen molar-refractivity contribution < 1.29 is 19.2 Å². The van der Waals surface area contributed by atoms with Crippen molar-refractivity contribution in [1.29, 1.82) is 0 Å². The number of benzene rings is 3. The maximum atomic E-state index is 13.5. The lowest BCUT2D eigenvalue weighted by Crippen LogP contribution is -2.37. The molecule has 3 aromatic rings. The molecule has 5 rings (SSSR count). The fraction of sp³-hybridized carbons (Fsp3) is 0.167. The number of hydrogen-bond acceptors (Lipinski definition) is 5. The quantitative estimate of drug-likeness (QED) is 0.570. The normalized spacial score (nSPS) is 22.7. The molecule has 2 aliphatic heterocycles. The average molecular weight is 435 g/mol. The van der Waals surface area contributed by atoms with Crippen LogP contribution in [-0.2, 0) is 14.4 Å². The molecule has 6 nitrogen and oxygen atoms in total. The van der Waals surface area contributed by atoms with Crippen LogP contribution in [0.25, 0.3) is 0 Å². The molecular formula is C24H19ClN2O4. The number of hydroxylamine groups is 1. The molecule has 156 valence electrons. The molecule has 3 atom stereocenters. The second kappa shape index (κ2) is 7.72. The number of nitrogens with zero attached hydrogens (tertiary/aromatic N) is 2. The van der Waals surface area contributed by atoms with Gasteiger partial charge in [-0.15, -0.1) is 0 Å². The predicted octanol–water partition coefficient (Wildman–Crippen LogP) is 4.40. The summed E-state index contributed by atoms with van der Waals surface area (Å²) in [4.78, 5) is 34.1. The highest BCUT2D eigenvalue weighted by atomic mass is 35.5. The molecule has 0 unspecified atom stereocenters. The molecule has 31 heavy (non-hydrogen) atoms. The topological polar surface area (TPSA) is 59.1 Å². The van der Waals surface area contributed by atoms with Crippen molar-refractivity contribution in [2.45, 2.75) is 12.1 Å². The van der Waals surface area contributed by atoms with Crippen molar-refractivity contribution in [3.8, 4) is 5.75 Å². The average Bonchev–Trinajstić information content (AvgIpc) is 3.31. The Morgan fingerprint density at radius 1 is 0.871 bits per heavy atom. The largest absolute Gasteiger partial charge is 0.497 e. The summed E-state index contributed by atoms with van der Waals surface area (Å²) in [5.41, 5.74) is 1.99. The van der Waals surface area contributed by atoms with Crippen molar-refractivity contribution >= 4 is 34.8 Å². The van der Waals surface area contributed by atoms with Gasteiger partial charge in [0.2, 0.25) is 5.91 Å². The summed E-state index contributed by atoms with van der Waals surface area (Å²) < 4.78 is 5.27. The Bertz CT molecular complexity index is 1140. The van der Waals surface area contributed by atoms with Gasteiger partial charge in [0.25, 0.3) is 5.91 Å². The van der Waals surface area contributed by atoms with E-state index < -0.39 is 24.0 Å². The predicted molar refractivity (Wildman–Crippen MR) is 117 cm³/mol. The molecule has 0 saturated carbocycles. The van der Waals surface area contributed by atoms with Gasteiger partial charge in [-0.2, -0.15) is 0 Å². The molecule has 2 amide bonds.